The summed E-state index contributed by atoms with van der Waals surface area (Å²) in [5.41, 5.74) is 1.25. The molecule has 0 fully saturated rings. The molecule has 0 saturated heterocycles. The summed E-state index contributed by atoms with van der Waals surface area (Å²) in [5, 5.41) is 3.50. The van der Waals surface area contributed by atoms with Crippen molar-refractivity contribution in [2.24, 2.45) is 5.10 Å². The topological polar surface area (TPSA) is 42.8 Å². The van der Waals surface area contributed by atoms with Crippen molar-refractivity contribution in [2.75, 3.05) is 6.61 Å². The average Bonchev–Trinajstić information content (AvgIpc) is 2.69. The van der Waals surface area contributed by atoms with Crippen molar-refractivity contribution in [2.45, 2.75) is 31.7 Å². The third kappa shape index (κ3) is 6.57. The molecule has 2 rings (SSSR count). The van der Waals surface area contributed by atoms with Gasteiger partial charge >= 0.3 is 18.1 Å². The van der Waals surface area contributed by atoms with Crippen LogP contribution in [0.4, 0.5) is 30.7 Å². The zero-order valence-electron chi connectivity index (χ0n) is 16.4. The number of ether oxygens (including phenoxy) is 2. The molecular weight excluding hydrogens is 572 g/mol. The Morgan fingerprint density at radius 3 is 2.24 bits per heavy atom. The zero-order chi connectivity index (χ0) is 25.0. The lowest BCUT2D eigenvalue weighted by Crippen LogP contribution is -2.58. The third-order valence-electron chi connectivity index (χ3n) is 3.87. The van der Waals surface area contributed by atoms with Crippen molar-refractivity contribution in [1.29, 1.82) is 0 Å². The van der Waals surface area contributed by atoms with E-state index in [0.29, 0.717) is 27.2 Å². The Hall–Kier alpha value is -1.92. The Morgan fingerprint density at radius 2 is 1.67 bits per heavy atom. The van der Waals surface area contributed by atoms with Gasteiger partial charge in [0.25, 0.3) is 0 Å². The fourth-order valence-corrected chi connectivity index (χ4v) is 3.18. The molecule has 0 aliphatic carbocycles. The molecule has 0 heterocycles. The Bertz CT molecular complexity index is 1020. The monoisotopic (exact) mass is 584 g/mol. The van der Waals surface area contributed by atoms with Crippen molar-refractivity contribution >= 4 is 45.3 Å². The lowest BCUT2D eigenvalue weighted by molar-refractivity contribution is -0.361. The minimum absolute atomic E-state index is 0.0332. The zero-order valence-corrected chi connectivity index (χ0v) is 19.5. The van der Waals surface area contributed by atoms with Crippen LogP contribution in [0.2, 0.25) is 10.0 Å². The van der Waals surface area contributed by atoms with E-state index in [0.717, 1.165) is 0 Å². The van der Waals surface area contributed by atoms with Gasteiger partial charge < -0.3 is 9.47 Å². The molecule has 4 nitrogen and oxygen atoms in total. The van der Waals surface area contributed by atoms with Crippen molar-refractivity contribution in [3.8, 4) is 11.5 Å². The van der Waals surface area contributed by atoms with E-state index in [1.54, 1.807) is 25.1 Å². The standard InChI is InChI=1S/C19H14BrCl2F7N2O2/c1-2-32-15-7-11(8-30-31-19(28,29)17(23,24)18(25,26)27)5-12(20)16(15)33-9-10-3-4-13(21)14(22)6-10/h3-8,31H,2,9H2,1H3/b30-8-. The van der Waals surface area contributed by atoms with Crippen LogP contribution in [0, 0.1) is 0 Å². The van der Waals surface area contributed by atoms with Crippen molar-refractivity contribution < 1.29 is 40.2 Å². The van der Waals surface area contributed by atoms with Crippen molar-refractivity contribution in [1.82, 2.24) is 5.43 Å². The highest BCUT2D eigenvalue weighted by atomic mass is 79.9. The molecule has 0 saturated carbocycles. The second kappa shape index (κ2) is 10.6. The van der Waals surface area contributed by atoms with E-state index in [1.807, 2.05) is 0 Å². The molecule has 0 unspecified atom stereocenters. The van der Waals surface area contributed by atoms with Crippen LogP contribution in [-0.4, -0.2) is 31.0 Å². The maximum absolute atomic E-state index is 13.3. The van der Waals surface area contributed by atoms with Crippen LogP contribution in [0.3, 0.4) is 0 Å². The summed E-state index contributed by atoms with van der Waals surface area (Å²) in [4.78, 5) is 0. The molecule has 182 valence electrons. The Balaban J connectivity index is 2.22. The van der Waals surface area contributed by atoms with Crippen LogP contribution >= 0.6 is 39.1 Å². The predicted molar refractivity (Wildman–Crippen MR) is 113 cm³/mol. The van der Waals surface area contributed by atoms with Crippen LogP contribution in [0.5, 0.6) is 11.5 Å². The Kier molecular flexibility index (Phi) is 8.74. The normalized spacial score (nSPS) is 12.8. The van der Waals surface area contributed by atoms with Gasteiger partial charge in [0.1, 0.15) is 6.61 Å². The molecule has 0 aliphatic rings. The summed E-state index contributed by atoms with van der Waals surface area (Å²) in [6.45, 7) is 1.87. The highest BCUT2D eigenvalue weighted by Crippen LogP contribution is 2.45. The van der Waals surface area contributed by atoms with E-state index >= 15 is 0 Å². The van der Waals surface area contributed by atoms with Gasteiger partial charge in [-0.2, -0.15) is 35.8 Å². The van der Waals surface area contributed by atoms with Gasteiger partial charge in [0.2, 0.25) is 0 Å². The number of hydrogen-bond acceptors (Lipinski definition) is 4. The predicted octanol–water partition coefficient (Wildman–Crippen LogP) is 7.45. The highest BCUT2D eigenvalue weighted by Gasteiger charge is 2.73. The van der Waals surface area contributed by atoms with Gasteiger partial charge in [0.15, 0.2) is 11.5 Å². The molecule has 33 heavy (non-hydrogen) atoms. The van der Waals surface area contributed by atoms with Gasteiger partial charge in [0.05, 0.1) is 27.3 Å². The molecule has 0 atom stereocenters. The van der Waals surface area contributed by atoms with E-state index in [9.17, 15) is 30.7 Å². The van der Waals surface area contributed by atoms with E-state index in [4.69, 9.17) is 32.7 Å². The third-order valence-corrected chi connectivity index (χ3v) is 5.20. The Labute approximate surface area is 201 Å². The van der Waals surface area contributed by atoms with Gasteiger partial charge in [-0.15, -0.1) is 0 Å². The first kappa shape index (κ1) is 27.3. The first-order valence-corrected chi connectivity index (χ1v) is 10.4. The van der Waals surface area contributed by atoms with E-state index < -0.39 is 18.1 Å². The maximum atomic E-state index is 13.3. The molecular formula is C19H14BrCl2F7N2O2. The minimum Gasteiger partial charge on any atom is -0.490 e. The summed E-state index contributed by atoms with van der Waals surface area (Å²) in [6.07, 6.45) is -5.85. The second-order valence-electron chi connectivity index (χ2n) is 6.32. The number of nitrogens with zero attached hydrogens (tertiary/aromatic N) is 1. The summed E-state index contributed by atoms with van der Waals surface area (Å²) < 4.78 is 100. The molecule has 0 radical (unpaired) electrons. The molecule has 2 aromatic carbocycles. The minimum atomic E-state index is -6.47. The number of benzene rings is 2. The fourth-order valence-electron chi connectivity index (χ4n) is 2.29. The van der Waals surface area contributed by atoms with Crippen LogP contribution in [-0.2, 0) is 6.61 Å². The summed E-state index contributed by atoms with van der Waals surface area (Å²) in [7, 11) is 0. The first-order chi connectivity index (χ1) is 15.2. The lowest BCUT2D eigenvalue weighted by Gasteiger charge is -2.27. The number of rotatable bonds is 9. The summed E-state index contributed by atoms with van der Waals surface area (Å²) in [5.74, 6) is -6.00. The average molecular weight is 586 g/mol. The number of halogens is 10. The quantitative estimate of drug-likeness (QED) is 0.144. The number of hydrogen-bond donors (Lipinski definition) is 1. The second-order valence-corrected chi connectivity index (χ2v) is 7.99. The lowest BCUT2D eigenvalue weighted by atomic mass is 10.2. The Morgan fingerprint density at radius 1 is 1.00 bits per heavy atom. The highest BCUT2D eigenvalue weighted by molar-refractivity contribution is 9.10. The van der Waals surface area contributed by atoms with Gasteiger partial charge in [0, 0.05) is 0 Å². The van der Waals surface area contributed by atoms with E-state index in [1.165, 1.54) is 12.1 Å². The van der Waals surface area contributed by atoms with Gasteiger partial charge in [-0.05, 0) is 58.2 Å². The van der Waals surface area contributed by atoms with Crippen LogP contribution in [0.1, 0.15) is 18.1 Å². The van der Waals surface area contributed by atoms with Crippen molar-refractivity contribution in [3.05, 3.63) is 56.0 Å². The number of hydrazone groups is 1. The molecule has 0 aliphatic heterocycles. The maximum Gasteiger partial charge on any atom is 0.462 e. The fraction of sp³-hybridized carbons (Fsp3) is 0.316. The van der Waals surface area contributed by atoms with E-state index in [-0.39, 0.29) is 34.7 Å². The summed E-state index contributed by atoms with van der Waals surface area (Å²) in [6, 6.07) is 1.73. The van der Waals surface area contributed by atoms with Gasteiger partial charge in [-0.3, -0.25) is 0 Å². The molecule has 0 spiro atoms. The van der Waals surface area contributed by atoms with Crippen LogP contribution in [0.15, 0.2) is 39.9 Å². The van der Waals surface area contributed by atoms with Crippen molar-refractivity contribution in [3.63, 3.8) is 0 Å². The summed E-state index contributed by atoms with van der Waals surface area (Å²) >= 11 is 15.0. The van der Waals surface area contributed by atoms with E-state index in [2.05, 4.69) is 21.0 Å². The first-order valence-electron chi connectivity index (χ1n) is 8.85. The SMILES string of the molecule is CCOc1cc(/C=N\NC(F)(F)C(F)(F)C(F)(F)F)cc(Br)c1OCc1ccc(Cl)c(Cl)c1. The molecule has 1 N–H and O–H groups in total. The molecule has 14 heteroatoms. The van der Waals surface area contributed by atoms with Crippen LogP contribution in [0.25, 0.3) is 0 Å². The van der Waals surface area contributed by atoms with Crippen LogP contribution < -0.4 is 14.9 Å². The largest absolute Gasteiger partial charge is 0.490 e. The van der Waals surface area contributed by atoms with Gasteiger partial charge in [-0.25, -0.2) is 5.43 Å². The smallest absolute Gasteiger partial charge is 0.462 e. The molecule has 0 amide bonds. The number of nitrogens with one attached hydrogen (secondary N) is 1. The molecule has 0 bridgehead atoms. The van der Waals surface area contributed by atoms with Gasteiger partial charge in [-0.1, -0.05) is 29.3 Å². The molecule has 0 aromatic heterocycles. The molecule has 2 aromatic rings. The number of alkyl halides is 7.